The van der Waals surface area contributed by atoms with Gasteiger partial charge in [-0.1, -0.05) is 30.0 Å². The Morgan fingerprint density at radius 3 is 2.54 bits per heavy atom. The molecular formula is C19H23N3O3S. The van der Waals surface area contributed by atoms with Gasteiger partial charge in [-0.25, -0.2) is 14.8 Å². The lowest BCUT2D eigenvalue weighted by molar-refractivity contribution is -0.111. The largest absolute Gasteiger partial charge is 0.453 e. The SMILES string of the molecule is C[C@@H]1C[C@H](N(C)C)[C@@H](OC(=O)c2ccccc2)[C@H](Sc2ncccn2)O1. The number of nitrogens with zero attached hydrogens (tertiary/aromatic N) is 3. The normalized spacial score (nSPS) is 25.8. The number of rotatable bonds is 5. The highest BCUT2D eigenvalue weighted by Crippen LogP contribution is 2.34. The first-order valence-corrected chi connectivity index (χ1v) is 9.44. The van der Waals surface area contributed by atoms with Crippen LogP contribution in [0.3, 0.4) is 0 Å². The van der Waals surface area contributed by atoms with Crippen molar-refractivity contribution in [3.05, 3.63) is 54.4 Å². The smallest absolute Gasteiger partial charge is 0.338 e. The van der Waals surface area contributed by atoms with Crippen molar-refractivity contribution in [1.82, 2.24) is 14.9 Å². The maximum atomic E-state index is 12.6. The van der Waals surface area contributed by atoms with E-state index in [1.165, 1.54) is 11.8 Å². The average molecular weight is 373 g/mol. The first-order chi connectivity index (χ1) is 12.5. The van der Waals surface area contributed by atoms with Gasteiger partial charge in [-0.05, 0) is 45.6 Å². The first kappa shape index (κ1) is 18.8. The molecule has 0 bridgehead atoms. The number of ether oxygens (including phenoxy) is 2. The molecule has 2 heterocycles. The minimum Gasteiger partial charge on any atom is -0.453 e. The lowest BCUT2D eigenvalue weighted by atomic mass is 10.00. The van der Waals surface area contributed by atoms with Crippen molar-refractivity contribution in [2.45, 2.75) is 42.2 Å². The summed E-state index contributed by atoms with van der Waals surface area (Å²) in [4.78, 5) is 23.2. The fraction of sp³-hybridized carbons (Fsp3) is 0.421. The molecule has 1 aliphatic rings. The molecule has 0 radical (unpaired) electrons. The van der Waals surface area contributed by atoms with Crippen LogP contribution in [-0.2, 0) is 9.47 Å². The molecule has 0 unspecified atom stereocenters. The molecule has 138 valence electrons. The topological polar surface area (TPSA) is 64.5 Å². The minimum absolute atomic E-state index is 0.0487. The molecule has 3 rings (SSSR count). The van der Waals surface area contributed by atoms with Crippen LogP contribution in [0.15, 0.2) is 53.9 Å². The zero-order valence-electron chi connectivity index (χ0n) is 15.1. The molecule has 1 aromatic heterocycles. The van der Waals surface area contributed by atoms with Crippen LogP contribution in [0.25, 0.3) is 0 Å². The van der Waals surface area contributed by atoms with Crippen LogP contribution < -0.4 is 0 Å². The van der Waals surface area contributed by atoms with E-state index in [0.29, 0.717) is 10.7 Å². The summed E-state index contributed by atoms with van der Waals surface area (Å²) in [7, 11) is 3.99. The highest BCUT2D eigenvalue weighted by atomic mass is 32.2. The molecule has 0 amide bonds. The Labute approximate surface area is 157 Å². The van der Waals surface area contributed by atoms with E-state index in [1.807, 2.05) is 39.2 Å². The summed E-state index contributed by atoms with van der Waals surface area (Å²) in [6.07, 6.45) is 3.79. The zero-order chi connectivity index (χ0) is 18.5. The number of esters is 1. The minimum atomic E-state index is -0.428. The number of hydrogen-bond acceptors (Lipinski definition) is 7. The van der Waals surface area contributed by atoms with Crippen molar-refractivity contribution >= 4 is 17.7 Å². The van der Waals surface area contributed by atoms with E-state index < -0.39 is 6.10 Å². The van der Waals surface area contributed by atoms with Crippen LogP contribution in [0.1, 0.15) is 23.7 Å². The number of benzene rings is 1. The van der Waals surface area contributed by atoms with Gasteiger partial charge < -0.3 is 14.4 Å². The van der Waals surface area contributed by atoms with E-state index in [4.69, 9.17) is 9.47 Å². The molecular weight excluding hydrogens is 350 g/mol. The molecule has 0 saturated carbocycles. The molecule has 7 heteroatoms. The molecule has 4 atom stereocenters. The first-order valence-electron chi connectivity index (χ1n) is 8.56. The maximum absolute atomic E-state index is 12.6. The van der Waals surface area contributed by atoms with Crippen molar-refractivity contribution in [3.63, 3.8) is 0 Å². The van der Waals surface area contributed by atoms with Gasteiger partial charge in [-0.2, -0.15) is 0 Å². The van der Waals surface area contributed by atoms with Gasteiger partial charge in [0.25, 0.3) is 0 Å². The molecule has 1 fully saturated rings. The number of thioether (sulfide) groups is 1. The molecule has 1 aliphatic heterocycles. The van der Waals surface area contributed by atoms with E-state index in [2.05, 4.69) is 14.9 Å². The second-order valence-corrected chi connectivity index (χ2v) is 7.53. The molecule has 26 heavy (non-hydrogen) atoms. The van der Waals surface area contributed by atoms with Gasteiger partial charge in [0.15, 0.2) is 11.3 Å². The van der Waals surface area contributed by atoms with Gasteiger partial charge in [0.2, 0.25) is 0 Å². The van der Waals surface area contributed by atoms with E-state index in [-0.39, 0.29) is 23.6 Å². The Morgan fingerprint density at radius 1 is 1.19 bits per heavy atom. The average Bonchev–Trinajstić information content (AvgIpc) is 2.65. The van der Waals surface area contributed by atoms with Crippen LogP contribution in [0.2, 0.25) is 0 Å². The Hall–Kier alpha value is -1.96. The second-order valence-electron chi connectivity index (χ2n) is 6.47. The highest BCUT2D eigenvalue weighted by Gasteiger charge is 2.42. The quantitative estimate of drug-likeness (QED) is 0.590. The number of carbonyl (C=O) groups excluding carboxylic acids is 1. The van der Waals surface area contributed by atoms with Crippen LogP contribution in [0.4, 0.5) is 0 Å². The lowest BCUT2D eigenvalue weighted by Gasteiger charge is -2.42. The van der Waals surface area contributed by atoms with Crippen molar-refractivity contribution in [3.8, 4) is 0 Å². The standard InChI is InChI=1S/C19H23N3O3S/c1-13-12-15(22(2)3)16(25-17(23)14-8-5-4-6-9-14)18(24-13)26-19-20-10-7-11-21-19/h4-11,13,15-16,18H,12H2,1-3H3/t13-,15+,16-,18+/m1/s1. The van der Waals surface area contributed by atoms with Gasteiger partial charge in [-0.15, -0.1) is 0 Å². The summed E-state index contributed by atoms with van der Waals surface area (Å²) in [5.41, 5.74) is 0.157. The predicted molar refractivity (Wildman–Crippen MR) is 100.0 cm³/mol. The van der Waals surface area contributed by atoms with Crippen molar-refractivity contribution in [2.24, 2.45) is 0 Å². The highest BCUT2D eigenvalue weighted by molar-refractivity contribution is 7.99. The number of likely N-dealkylation sites (N-methyl/N-ethyl adjacent to an activating group) is 1. The van der Waals surface area contributed by atoms with Crippen LogP contribution in [-0.4, -0.2) is 58.6 Å². The van der Waals surface area contributed by atoms with Gasteiger partial charge in [0.05, 0.1) is 17.7 Å². The van der Waals surface area contributed by atoms with E-state index in [9.17, 15) is 4.79 Å². The Balaban J connectivity index is 1.82. The lowest BCUT2D eigenvalue weighted by Crippen LogP contribution is -2.54. The molecule has 6 nitrogen and oxygen atoms in total. The molecule has 1 saturated heterocycles. The summed E-state index contributed by atoms with van der Waals surface area (Å²) < 4.78 is 12.0. The summed E-state index contributed by atoms with van der Waals surface area (Å²) in [5.74, 6) is -0.347. The van der Waals surface area contributed by atoms with Gasteiger partial charge in [0.1, 0.15) is 5.44 Å². The maximum Gasteiger partial charge on any atom is 0.338 e. The van der Waals surface area contributed by atoms with Crippen molar-refractivity contribution in [1.29, 1.82) is 0 Å². The van der Waals surface area contributed by atoms with Crippen molar-refractivity contribution in [2.75, 3.05) is 14.1 Å². The van der Waals surface area contributed by atoms with Crippen molar-refractivity contribution < 1.29 is 14.3 Å². The number of aromatic nitrogens is 2. The summed E-state index contributed by atoms with van der Waals surface area (Å²) in [6.45, 7) is 2.03. The third-order valence-electron chi connectivity index (χ3n) is 4.27. The third-order valence-corrected chi connectivity index (χ3v) is 5.30. The van der Waals surface area contributed by atoms with E-state index in [0.717, 1.165) is 6.42 Å². The van der Waals surface area contributed by atoms with Gasteiger partial charge in [-0.3, -0.25) is 0 Å². The second kappa shape index (κ2) is 8.62. The molecule has 0 aliphatic carbocycles. The van der Waals surface area contributed by atoms with Crippen LogP contribution in [0.5, 0.6) is 0 Å². The summed E-state index contributed by atoms with van der Waals surface area (Å²) in [5, 5.41) is 0.602. The van der Waals surface area contributed by atoms with E-state index in [1.54, 1.807) is 30.6 Å². The van der Waals surface area contributed by atoms with Crippen LogP contribution in [0, 0.1) is 0 Å². The van der Waals surface area contributed by atoms with Gasteiger partial charge in [0, 0.05) is 12.4 Å². The molecule has 1 aromatic carbocycles. The van der Waals surface area contributed by atoms with Crippen LogP contribution >= 0.6 is 11.8 Å². The Kier molecular flexibility index (Phi) is 6.24. The summed E-state index contributed by atoms with van der Waals surface area (Å²) >= 11 is 1.39. The number of carbonyl (C=O) groups is 1. The molecule has 0 spiro atoms. The Bertz CT molecular complexity index is 714. The fourth-order valence-corrected chi connectivity index (χ4v) is 4.03. The summed E-state index contributed by atoms with van der Waals surface area (Å²) in [6, 6.07) is 10.8. The third kappa shape index (κ3) is 4.60. The zero-order valence-corrected chi connectivity index (χ0v) is 15.9. The van der Waals surface area contributed by atoms with E-state index >= 15 is 0 Å². The Morgan fingerprint density at radius 2 is 1.88 bits per heavy atom. The molecule has 2 aromatic rings. The van der Waals surface area contributed by atoms with Gasteiger partial charge >= 0.3 is 5.97 Å². The monoisotopic (exact) mass is 373 g/mol. The molecule has 0 N–H and O–H groups in total. The predicted octanol–water partition coefficient (Wildman–Crippen LogP) is 2.86. The number of hydrogen-bond donors (Lipinski definition) is 0. The fourth-order valence-electron chi connectivity index (χ4n) is 2.97.